The lowest BCUT2D eigenvalue weighted by molar-refractivity contribution is 0.0693. The third-order valence-corrected chi connectivity index (χ3v) is 6.06. The summed E-state index contributed by atoms with van der Waals surface area (Å²) in [7, 11) is 4.75. The number of hydrogen-bond donors (Lipinski definition) is 3. The number of aromatic hydroxyl groups is 1. The van der Waals surface area contributed by atoms with E-state index in [1.807, 2.05) is 18.2 Å². The normalized spacial score (nSPS) is 9.67. The molecule has 0 saturated heterocycles. The van der Waals surface area contributed by atoms with Gasteiger partial charge in [0.15, 0.2) is 0 Å². The molecule has 3 aromatic rings. The minimum atomic E-state index is -1.11. The first-order valence-corrected chi connectivity index (χ1v) is 10.1. The Labute approximate surface area is 167 Å². The van der Waals surface area contributed by atoms with Crippen molar-refractivity contribution in [1.82, 2.24) is 5.32 Å². The summed E-state index contributed by atoms with van der Waals surface area (Å²) >= 11 is 5.08. The molecule has 1 amide bonds. The van der Waals surface area contributed by atoms with Gasteiger partial charge in [-0.1, -0.05) is 45.0 Å². The Morgan fingerprint density at radius 3 is 2.22 bits per heavy atom. The van der Waals surface area contributed by atoms with Crippen molar-refractivity contribution in [2.45, 2.75) is 0 Å². The van der Waals surface area contributed by atoms with E-state index in [2.05, 4.69) is 5.32 Å². The summed E-state index contributed by atoms with van der Waals surface area (Å²) in [4.78, 5) is 22.4. The van der Waals surface area contributed by atoms with Gasteiger partial charge in [-0.15, -0.1) is 0 Å². The molecule has 0 aliphatic carbocycles. The van der Waals surface area contributed by atoms with Crippen LogP contribution < -0.4 is 10.1 Å². The predicted molar refractivity (Wildman–Crippen MR) is 109 cm³/mol. The SMILES string of the molecule is CNC(=O)Oc1ccc(-c2cc(=S)ss2)cc1.O=C(O)c1ccccc1O. The molecule has 3 rings (SSSR count). The molecule has 3 N–H and O–H groups in total. The zero-order chi connectivity index (χ0) is 19.8. The molecule has 0 unspecified atom stereocenters. The molecule has 140 valence electrons. The van der Waals surface area contributed by atoms with Gasteiger partial charge in [-0.3, -0.25) is 0 Å². The van der Waals surface area contributed by atoms with E-state index in [0.29, 0.717) is 5.75 Å². The first kappa shape index (κ1) is 20.6. The lowest BCUT2D eigenvalue weighted by Gasteiger charge is -2.03. The maximum atomic E-state index is 11.0. The van der Waals surface area contributed by atoms with Crippen LogP contribution in [0.15, 0.2) is 54.6 Å². The lowest BCUT2D eigenvalue weighted by atomic mass is 10.2. The average molecular weight is 422 g/mol. The molecular weight excluding hydrogens is 406 g/mol. The molecule has 27 heavy (non-hydrogen) atoms. The second-order valence-corrected chi connectivity index (χ2v) is 7.89. The third kappa shape index (κ3) is 6.17. The maximum Gasteiger partial charge on any atom is 0.412 e. The standard InChI is InChI=1S/C11H9NO2S3.C7H6O3/c1-12-11(13)14-8-4-2-7(3-5-8)9-6-10(15)17-16-9;8-6-4-2-1-3-5(6)7(9)10/h2-6H,1H3,(H,12,13);1-4,8H,(H,9,10). The van der Waals surface area contributed by atoms with Gasteiger partial charge in [0.2, 0.25) is 0 Å². The Hall–Kier alpha value is -2.75. The molecular formula is C18H15NO5S3. The number of carboxylic acid groups (broad SMARTS) is 1. The molecule has 9 heteroatoms. The van der Waals surface area contributed by atoms with Crippen molar-refractivity contribution in [3.8, 4) is 21.9 Å². The average Bonchev–Trinajstić information content (AvgIpc) is 3.09. The summed E-state index contributed by atoms with van der Waals surface area (Å²) in [5.41, 5.74) is 1.01. The van der Waals surface area contributed by atoms with Crippen molar-refractivity contribution in [3.05, 3.63) is 64.0 Å². The highest BCUT2D eigenvalue weighted by atomic mass is 32.9. The van der Waals surface area contributed by atoms with E-state index >= 15 is 0 Å². The number of para-hydroxylation sites is 1. The molecule has 0 bridgehead atoms. The molecule has 2 aromatic carbocycles. The van der Waals surface area contributed by atoms with E-state index < -0.39 is 12.1 Å². The van der Waals surface area contributed by atoms with Crippen LogP contribution in [0.2, 0.25) is 0 Å². The van der Waals surface area contributed by atoms with Crippen molar-refractivity contribution < 1.29 is 24.5 Å². The van der Waals surface area contributed by atoms with Crippen LogP contribution in [0.25, 0.3) is 10.4 Å². The number of rotatable bonds is 3. The minimum Gasteiger partial charge on any atom is -0.507 e. The minimum absolute atomic E-state index is 0.0671. The molecule has 0 atom stereocenters. The number of carboxylic acids is 1. The zero-order valence-electron chi connectivity index (χ0n) is 14.0. The van der Waals surface area contributed by atoms with Crippen LogP contribution in [0.3, 0.4) is 0 Å². The molecule has 0 fully saturated rings. The number of nitrogens with one attached hydrogen (secondary N) is 1. The number of amides is 1. The zero-order valence-corrected chi connectivity index (χ0v) is 16.5. The first-order chi connectivity index (χ1) is 12.9. The number of benzene rings is 2. The highest BCUT2D eigenvalue weighted by molar-refractivity contribution is 7.80. The van der Waals surface area contributed by atoms with Gasteiger partial charge in [0, 0.05) is 11.9 Å². The van der Waals surface area contributed by atoms with Gasteiger partial charge < -0.3 is 20.3 Å². The Bertz CT molecular complexity index is 979. The molecule has 1 heterocycles. The fourth-order valence-electron chi connectivity index (χ4n) is 1.87. The van der Waals surface area contributed by atoms with Crippen LogP contribution in [0.1, 0.15) is 10.4 Å². The van der Waals surface area contributed by atoms with Gasteiger partial charge in [0.05, 0.1) is 0 Å². The molecule has 0 aliphatic heterocycles. The van der Waals surface area contributed by atoms with Gasteiger partial charge in [0.25, 0.3) is 0 Å². The second kappa shape index (κ2) is 9.81. The van der Waals surface area contributed by atoms with Crippen LogP contribution in [-0.4, -0.2) is 29.3 Å². The summed E-state index contributed by atoms with van der Waals surface area (Å²) < 4.78 is 5.88. The van der Waals surface area contributed by atoms with E-state index in [0.717, 1.165) is 14.3 Å². The Morgan fingerprint density at radius 2 is 1.74 bits per heavy atom. The number of carbonyl (C=O) groups excluding carboxylic acids is 1. The van der Waals surface area contributed by atoms with Gasteiger partial charge >= 0.3 is 12.1 Å². The third-order valence-electron chi connectivity index (χ3n) is 3.15. The molecule has 1 aromatic heterocycles. The Kier molecular flexibility index (Phi) is 7.47. The molecule has 0 spiro atoms. The second-order valence-electron chi connectivity index (χ2n) is 4.98. The van der Waals surface area contributed by atoms with Gasteiger partial charge in [-0.25, -0.2) is 9.59 Å². The molecule has 0 aliphatic rings. The summed E-state index contributed by atoms with van der Waals surface area (Å²) in [6.07, 6.45) is -0.469. The first-order valence-electron chi connectivity index (χ1n) is 7.52. The summed E-state index contributed by atoms with van der Waals surface area (Å²) in [6, 6.07) is 15.1. The van der Waals surface area contributed by atoms with Crippen LogP contribution in [-0.2, 0) is 0 Å². The lowest BCUT2D eigenvalue weighted by Crippen LogP contribution is -2.21. The van der Waals surface area contributed by atoms with Crippen molar-refractivity contribution in [2.24, 2.45) is 0 Å². The summed E-state index contributed by atoms with van der Waals surface area (Å²) in [5, 5.41) is 19.7. The fourth-order valence-corrected chi connectivity index (χ4v) is 4.27. The fraction of sp³-hybridized carbons (Fsp3) is 0.0556. The van der Waals surface area contributed by atoms with Crippen molar-refractivity contribution in [1.29, 1.82) is 0 Å². The van der Waals surface area contributed by atoms with E-state index in [4.69, 9.17) is 27.2 Å². The molecule has 0 saturated carbocycles. The molecule has 6 nitrogen and oxygen atoms in total. The maximum absolute atomic E-state index is 11.0. The van der Waals surface area contributed by atoms with Gasteiger partial charge in [-0.2, -0.15) is 0 Å². The monoisotopic (exact) mass is 421 g/mol. The number of phenols is 1. The van der Waals surface area contributed by atoms with Crippen molar-refractivity contribution >= 4 is 45.0 Å². The van der Waals surface area contributed by atoms with Crippen molar-refractivity contribution in [3.63, 3.8) is 0 Å². The number of aromatic carboxylic acids is 1. The summed E-state index contributed by atoms with van der Waals surface area (Å²) in [5.74, 6) is -0.792. The summed E-state index contributed by atoms with van der Waals surface area (Å²) in [6.45, 7) is 0. The Balaban J connectivity index is 0.000000223. The van der Waals surface area contributed by atoms with Crippen LogP contribution in [0.4, 0.5) is 4.79 Å². The van der Waals surface area contributed by atoms with E-state index in [1.165, 1.54) is 19.2 Å². The van der Waals surface area contributed by atoms with Gasteiger partial charge in [0.1, 0.15) is 20.9 Å². The quantitative estimate of drug-likeness (QED) is 0.406. The highest BCUT2D eigenvalue weighted by Crippen LogP contribution is 2.30. The van der Waals surface area contributed by atoms with Gasteiger partial charge in [-0.05, 0) is 48.0 Å². The number of hydrogen-bond acceptors (Lipinski definition) is 7. The predicted octanol–water partition coefficient (Wildman–Crippen LogP) is 5.01. The Morgan fingerprint density at radius 1 is 1.07 bits per heavy atom. The number of ether oxygens (including phenoxy) is 1. The topological polar surface area (TPSA) is 95.9 Å². The van der Waals surface area contributed by atoms with E-state index in [9.17, 15) is 9.59 Å². The smallest absolute Gasteiger partial charge is 0.412 e. The molecule has 0 radical (unpaired) electrons. The van der Waals surface area contributed by atoms with E-state index in [-0.39, 0.29) is 11.3 Å². The largest absolute Gasteiger partial charge is 0.507 e. The van der Waals surface area contributed by atoms with Crippen LogP contribution in [0, 0.1) is 3.82 Å². The number of carbonyl (C=O) groups is 2. The van der Waals surface area contributed by atoms with Crippen LogP contribution in [0.5, 0.6) is 11.5 Å². The van der Waals surface area contributed by atoms with E-state index in [1.54, 1.807) is 44.9 Å². The van der Waals surface area contributed by atoms with Crippen LogP contribution >= 0.6 is 32.9 Å². The van der Waals surface area contributed by atoms with Crippen molar-refractivity contribution in [2.75, 3.05) is 7.05 Å². The highest BCUT2D eigenvalue weighted by Gasteiger charge is 2.06.